The van der Waals surface area contributed by atoms with Crippen molar-refractivity contribution in [1.82, 2.24) is 14.9 Å². The molecular formula is C13H21ClN4. The maximum absolute atomic E-state index is 6.07. The van der Waals surface area contributed by atoms with E-state index in [1.54, 1.807) is 0 Å². The van der Waals surface area contributed by atoms with Gasteiger partial charge in [-0.2, -0.15) is 0 Å². The van der Waals surface area contributed by atoms with Crippen molar-refractivity contribution in [3.05, 3.63) is 17.0 Å². The quantitative estimate of drug-likeness (QED) is 0.805. The SMILES string of the molecule is CCc1c(Cl)ncnc1NCC(C)N(C)C1CC1. The van der Waals surface area contributed by atoms with Crippen LogP contribution in [-0.2, 0) is 6.42 Å². The molecule has 0 radical (unpaired) electrons. The van der Waals surface area contributed by atoms with Crippen LogP contribution in [0.15, 0.2) is 6.33 Å². The standard InChI is InChI=1S/C13H21ClN4/c1-4-11-12(14)16-8-17-13(11)15-7-9(2)18(3)10-5-6-10/h8-10H,4-7H2,1-3H3,(H,15,16,17). The zero-order valence-electron chi connectivity index (χ0n) is 11.3. The largest absolute Gasteiger partial charge is 0.368 e. The van der Waals surface area contributed by atoms with E-state index in [0.29, 0.717) is 11.2 Å². The Labute approximate surface area is 114 Å². The molecule has 1 aliphatic rings. The zero-order valence-corrected chi connectivity index (χ0v) is 12.0. The summed E-state index contributed by atoms with van der Waals surface area (Å²) in [6.07, 6.45) is 5.02. The molecule has 1 N–H and O–H groups in total. The predicted molar refractivity (Wildman–Crippen MR) is 75.2 cm³/mol. The van der Waals surface area contributed by atoms with Crippen LogP contribution in [0.4, 0.5) is 5.82 Å². The fraction of sp³-hybridized carbons (Fsp3) is 0.692. The minimum absolute atomic E-state index is 0.496. The van der Waals surface area contributed by atoms with Gasteiger partial charge < -0.3 is 5.32 Å². The first-order valence-corrected chi connectivity index (χ1v) is 6.96. The van der Waals surface area contributed by atoms with Crippen LogP contribution in [0, 0.1) is 0 Å². The summed E-state index contributed by atoms with van der Waals surface area (Å²) in [5.41, 5.74) is 1.00. The first-order valence-electron chi connectivity index (χ1n) is 6.58. The molecule has 0 aliphatic heterocycles. The summed E-state index contributed by atoms with van der Waals surface area (Å²) < 4.78 is 0. The van der Waals surface area contributed by atoms with Crippen molar-refractivity contribution >= 4 is 17.4 Å². The van der Waals surface area contributed by atoms with Crippen molar-refractivity contribution in [2.75, 3.05) is 18.9 Å². The Morgan fingerprint density at radius 1 is 1.50 bits per heavy atom. The molecule has 1 aromatic heterocycles. The summed E-state index contributed by atoms with van der Waals surface area (Å²) in [6.45, 7) is 5.18. The molecular weight excluding hydrogens is 248 g/mol. The van der Waals surface area contributed by atoms with Gasteiger partial charge in [-0.15, -0.1) is 0 Å². The molecule has 100 valence electrons. The third-order valence-corrected chi connectivity index (χ3v) is 3.96. The molecule has 1 fully saturated rings. The van der Waals surface area contributed by atoms with Gasteiger partial charge >= 0.3 is 0 Å². The van der Waals surface area contributed by atoms with Gasteiger partial charge in [0.05, 0.1) is 0 Å². The maximum atomic E-state index is 6.07. The summed E-state index contributed by atoms with van der Waals surface area (Å²) >= 11 is 6.07. The lowest BCUT2D eigenvalue weighted by molar-refractivity contribution is 0.257. The van der Waals surface area contributed by atoms with E-state index >= 15 is 0 Å². The first kappa shape index (κ1) is 13.6. The van der Waals surface area contributed by atoms with Crippen molar-refractivity contribution < 1.29 is 0 Å². The Bertz CT molecular complexity index is 406. The molecule has 0 saturated heterocycles. The molecule has 1 unspecified atom stereocenters. The van der Waals surface area contributed by atoms with Gasteiger partial charge in [-0.25, -0.2) is 9.97 Å². The summed E-state index contributed by atoms with van der Waals surface area (Å²) in [7, 11) is 2.19. The van der Waals surface area contributed by atoms with Crippen molar-refractivity contribution in [2.45, 2.75) is 45.2 Å². The third-order valence-electron chi connectivity index (χ3n) is 3.63. The number of halogens is 1. The van der Waals surface area contributed by atoms with Crippen molar-refractivity contribution in [2.24, 2.45) is 0 Å². The van der Waals surface area contributed by atoms with Crippen LogP contribution in [0.2, 0.25) is 5.15 Å². The highest BCUT2D eigenvalue weighted by molar-refractivity contribution is 6.30. The molecule has 1 aliphatic carbocycles. The Balaban J connectivity index is 1.95. The minimum atomic E-state index is 0.496. The van der Waals surface area contributed by atoms with E-state index in [2.05, 4.69) is 41.1 Å². The normalized spacial score (nSPS) is 16.9. The summed E-state index contributed by atoms with van der Waals surface area (Å²) in [5.74, 6) is 0.869. The molecule has 0 bridgehead atoms. The van der Waals surface area contributed by atoms with E-state index in [9.17, 15) is 0 Å². The van der Waals surface area contributed by atoms with E-state index in [0.717, 1.165) is 30.4 Å². The molecule has 0 amide bonds. The van der Waals surface area contributed by atoms with Gasteiger partial charge in [0.1, 0.15) is 17.3 Å². The van der Waals surface area contributed by atoms with Crippen LogP contribution in [0.1, 0.15) is 32.3 Å². The van der Waals surface area contributed by atoms with Gasteiger partial charge in [-0.05, 0) is 33.2 Å². The number of aromatic nitrogens is 2. The summed E-state index contributed by atoms with van der Waals surface area (Å²) in [6, 6.07) is 1.28. The molecule has 1 aromatic rings. The van der Waals surface area contributed by atoms with Crippen molar-refractivity contribution in [3.8, 4) is 0 Å². The van der Waals surface area contributed by atoms with Crippen LogP contribution < -0.4 is 5.32 Å². The van der Waals surface area contributed by atoms with Gasteiger partial charge in [0.2, 0.25) is 0 Å². The number of anilines is 1. The monoisotopic (exact) mass is 268 g/mol. The number of nitrogens with zero attached hydrogens (tertiary/aromatic N) is 3. The summed E-state index contributed by atoms with van der Waals surface area (Å²) in [4.78, 5) is 10.7. The number of rotatable bonds is 6. The van der Waals surface area contributed by atoms with Crippen LogP contribution in [0.3, 0.4) is 0 Å². The number of nitrogens with one attached hydrogen (secondary N) is 1. The zero-order chi connectivity index (χ0) is 13.1. The van der Waals surface area contributed by atoms with Gasteiger partial charge in [-0.1, -0.05) is 18.5 Å². The molecule has 4 nitrogen and oxygen atoms in total. The summed E-state index contributed by atoms with van der Waals surface area (Å²) in [5, 5.41) is 3.95. The molecule has 2 rings (SSSR count). The highest BCUT2D eigenvalue weighted by atomic mass is 35.5. The Hall–Kier alpha value is -0.870. The molecule has 5 heteroatoms. The fourth-order valence-electron chi connectivity index (χ4n) is 2.09. The molecule has 1 heterocycles. The fourth-order valence-corrected chi connectivity index (χ4v) is 2.35. The molecule has 0 spiro atoms. The van der Waals surface area contributed by atoms with Crippen molar-refractivity contribution in [1.29, 1.82) is 0 Å². The lowest BCUT2D eigenvalue weighted by atomic mass is 10.2. The third kappa shape index (κ3) is 3.12. The average molecular weight is 269 g/mol. The lowest BCUT2D eigenvalue weighted by Gasteiger charge is -2.25. The Morgan fingerprint density at radius 3 is 2.83 bits per heavy atom. The minimum Gasteiger partial charge on any atom is -0.368 e. The van der Waals surface area contributed by atoms with Crippen LogP contribution in [0.25, 0.3) is 0 Å². The second-order valence-electron chi connectivity index (χ2n) is 4.97. The molecule has 1 atom stereocenters. The number of likely N-dealkylation sites (N-methyl/N-ethyl adjacent to an activating group) is 1. The van der Waals surface area contributed by atoms with E-state index in [1.807, 2.05) is 0 Å². The average Bonchev–Trinajstić information content (AvgIpc) is 3.19. The second-order valence-corrected chi connectivity index (χ2v) is 5.33. The smallest absolute Gasteiger partial charge is 0.137 e. The predicted octanol–water partition coefficient (Wildman–Crippen LogP) is 2.59. The van der Waals surface area contributed by atoms with E-state index in [1.165, 1.54) is 19.2 Å². The van der Waals surface area contributed by atoms with Gasteiger partial charge in [0.15, 0.2) is 0 Å². The molecule has 1 saturated carbocycles. The topological polar surface area (TPSA) is 41.1 Å². The highest BCUT2D eigenvalue weighted by Gasteiger charge is 2.29. The number of hydrogen-bond acceptors (Lipinski definition) is 4. The lowest BCUT2D eigenvalue weighted by Crippen LogP contribution is -2.36. The Kier molecular flexibility index (Phi) is 4.40. The van der Waals surface area contributed by atoms with E-state index in [4.69, 9.17) is 11.6 Å². The molecule has 0 aromatic carbocycles. The Morgan fingerprint density at radius 2 is 2.22 bits per heavy atom. The van der Waals surface area contributed by atoms with E-state index in [-0.39, 0.29) is 0 Å². The number of hydrogen-bond donors (Lipinski definition) is 1. The first-order chi connectivity index (χ1) is 8.63. The van der Waals surface area contributed by atoms with Gasteiger partial charge in [0.25, 0.3) is 0 Å². The highest BCUT2D eigenvalue weighted by Crippen LogP contribution is 2.27. The second kappa shape index (κ2) is 5.85. The van der Waals surface area contributed by atoms with Crippen LogP contribution in [-0.4, -0.2) is 40.5 Å². The van der Waals surface area contributed by atoms with Crippen LogP contribution in [0.5, 0.6) is 0 Å². The van der Waals surface area contributed by atoms with Gasteiger partial charge in [0, 0.05) is 24.2 Å². The van der Waals surface area contributed by atoms with Crippen LogP contribution >= 0.6 is 11.6 Å². The maximum Gasteiger partial charge on any atom is 0.137 e. The molecule has 18 heavy (non-hydrogen) atoms. The van der Waals surface area contributed by atoms with E-state index < -0.39 is 0 Å². The van der Waals surface area contributed by atoms with Gasteiger partial charge in [-0.3, -0.25) is 4.90 Å². The van der Waals surface area contributed by atoms with Crippen molar-refractivity contribution in [3.63, 3.8) is 0 Å².